The standard InChI is InChI=1S/C16H31ClN2O/c1-5-6-9-18(4)12-14-7-10-19(11-8-14)15(20)16(2,3)13-17/h14H,5-13H2,1-4H3. The van der Waals surface area contributed by atoms with Crippen molar-refractivity contribution in [2.24, 2.45) is 11.3 Å². The lowest BCUT2D eigenvalue weighted by Crippen LogP contribution is -2.47. The van der Waals surface area contributed by atoms with E-state index in [4.69, 9.17) is 11.6 Å². The minimum Gasteiger partial charge on any atom is -0.342 e. The highest BCUT2D eigenvalue weighted by atomic mass is 35.5. The van der Waals surface area contributed by atoms with Gasteiger partial charge in [-0.3, -0.25) is 4.79 Å². The highest BCUT2D eigenvalue weighted by molar-refractivity contribution is 6.19. The predicted molar refractivity (Wildman–Crippen MR) is 86.2 cm³/mol. The molecule has 0 radical (unpaired) electrons. The summed E-state index contributed by atoms with van der Waals surface area (Å²) in [5, 5.41) is 0. The number of unbranched alkanes of at least 4 members (excludes halogenated alkanes) is 1. The first-order valence-electron chi connectivity index (χ1n) is 7.94. The van der Waals surface area contributed by atoms with Crippen LogP contribution >= 0.6 is 11.6 Å². The first-order chi connectivity index (χ1) is 9.40. The van der Waals surface area contributed by atoms with Gasteiger partial charge in [0.15, 0.2) is 0 Å². The Hall–Kier alpha value is -0.280. The van der Waals surface area contributed by atoms with Gasteiger partial charge in [0.25, 0.3) is 0 Å². The van der Waals surface area contributed by atoms with Gasteiger partial charge >= 0.3 is 0 Å². The van der Waals surface area contributed by atoms with Crippen LogP contribution in [0.15, 0.2) is 0 Å². The van der Waals surface area contributed by atoms with Crippen LogP contribution in [0.25, 0.3) is 0 Å². The van der Waals surface area contributed by atoms with E-state index < -0.39 is 5.41 Å². The van der Waals surface area contributed by atoms with E-state index in [-0.39, 0.29) is 5.91 Å². The Labute approximate surface area is 129 Å². The zero-order chi connectivity index (χ0) is 15.2. The molecule has 1 amide bonds. The quantitative estimate of drug-likeness (QED) is 0.674. The molecular weight excluding hydrogens is 272 g/mol. The fourth-order valence-electron chi connectivity index (χ4n) is 2.76. The fourth-order valence-corrected chi connectivity index (χ4v) is 2.88. The third-order valence-electron chi connectivity index (χ3n) is 4.28. The summed E-state index contributed by atoms with van der Waals surface area (Å²) in [5.74, 6) is 1.34. The van der Waals surface area contributed by atoms with Gasteiger partial charge in [0.05, 0.1) is 5.41 Å². The topological polar surface area (TPSA) is 23.6 Å². The third kappa shape index (κ3) is 5.25. The molecule has 0 aromatic heterocycles. The number of carbonyl (C=O) groups excluding carboxylic acids is 1. The molecule has 1 heterocycles. The van der Waals surface area contributed by atoms with E-state index in [2.05, 4.69) is 18.9 Å². The molecule has 0 bridgehead atoms. The summed E-state index contributed by atoms with van der Waals surface area (Å²) in [5.41, 5.74) is -0.424. The Balaban J connectivity index is 2.35. The first-order valence-corrected chi connectivity index (χ1v) is 8.48. The van der Waals surface area contributed by atoms with Crippen LogP contribution in [0.2, 0.25) is 0 Å². The van der Waals surface area contributed by atoms with Crippen LogP contribution in [0.3, 0.4) is 0 Å². The van der Waals surface area contributed by atoms with Gasteiger partial charge in [-0.15, -0.1) is 11.6 Å². The first kappa shape index (κ1) is 17.8. The molecule has 20 heavy (non-hydrogen) atoms. The summed E-state index contributed by atoms with van der Waals surface area (Å²) in [6.07, 6.45) is 4.78. The smallest absolute Gasteiger partial charge is 0.229 e. The van der Waals surface area contributed by atoms with Crippen molar-refractivity contribution in [2.45, 2.75) is 46.5 Å². The molecule has 0 N–H and O–H groups in total. The average Bonchev–Trinajstić information content (AvgIpc) is 2.45. The lowest BCUT2D eigenvalue weighted by molar-refractivity contribution is -0.140. The second kappa shape index (κ2) is 8.23. The normalized spacial score (nSPS) is 17.8. The summed E-state index contributed by atoms with van der Waals surface area (Å²) >= 11 is 5.90. The molecule has 0 saturated carbocycles. The second-order valence-electron chi connectivity index (χ2n) is 6.87. The van der Waals surface area contributed by atoms with Crippen molar-refractivity contribution >= 4 is 17.5 Å². The average molecular weight is 303 g/mol. The number of piperidine rings is 1. The van der Waals surface area contributed by atoms with Crippen molar-refractivity contribution in [3.05, 3.63) is 0 Å². The molecule has 0 spiro atoms. The highest BCUT2D eigenvalue weighted by Gasteiger charge is 2.33. The van der Waals surface area contributed by atoms with Gasteiger partial charge < -0.3 is 9.80 Å². The third-order valence-corrected chi connectivity index (χ3v) is 4.95. The maximum Gasteiger partial charge on any atom is 0.229 e. The maximum atomic E-state index is 12.4. The van der Waals surface area contributed by atoms with E-state index in [9.17, 15) is 4.79 Å². The van der Waals surface area contributed by atoms with Gasteiger partial charge in [-0.25, -0.2) is 0 Å². The van der Waals surface area contributed by atoms with Gasteiger partial charge in [-0.05, 0) is 52.6 Å². The van der Waals surface area contributed by atoms with E-state index in [0.717, 1.165) is 31.8 Å². The molecule has 4 heteroatoms. The summed E-state index contributed by atoms with van der Waals surface area (Å²) in [7, 11) is 2.21. The minimum absolute atomic E-state index is 0.213. The summed E-state index contributed by atoms with van der Waals surface area (Å²) in [6.45, 7) is 10.3. The van der Waals surface area contributed by atoms with Crippen LogP contribution in [-0.2, 0) is 4.79 Å². The molecule has 0 aromatic carbocycles. The van der Waals surface area contributed by atoms with E-state index >= 15 is 0 Å². The van der Waals surface area contributed by atoms with E-state index in [1.807, 2.05) is 18.7 Å². The molecule has 1 saturated heterocycles. The summed E-state index contributed by atoms with van der Waals surface area (Å²) in [4.78, 5) is 16.8. The molecule has 1 aliphatic heterocycles. The van der Waals surface area contributed by atoms with Crippen molar-refractivity contribution in [3.8, 4) is 0 Å². The largest absolute Gasteiger partial charge is 0.342 e. The number of amides is 1. The molecule has 3 nitrogen and oxygen atoms in total. The van der Waals surface area contributed by atoms with Crippen LogP contribution in [0.4, 0.5) is 0 Å². The van der Waals surface area contributed by atoms with Crippen LogP contribution in [0.1, 0.15) is 46.5 Å². The Morgan fingerprint density at radius 1 is 1.35 bits per heavy atom. The van der Waals surface area contributed by atoms with Gasteiger partial charge in [0.1, 0.15) is 0 Å². The maximum absolute atomic E-state index is 12.4. The number of halogens is 1. The Morgan fingerprint density at radius 3 is 2.45 bits per heavy atom. The molecule has 0 unspecified atom stereocenters. The van der Waals surface area contributed by atoms with Crippen molar-refractivity contribution in [1.29, 1.82) is 0 Å². The second-order valence-corrected chi connectivity index (χ2v) is 7.14. The van der Waals surface area contributed by atoms with Gasteiger partial charge in [0.2, 0.25) is 5.91 Å². The fraction of sp³-hybridized carbons (Fsp3) is 0.938. The number of nitrogens with zero attached hydrogens (tertiary/aromatic N) is 2. The van der Waals surface area contributed by atoms with Gasteiger partial charge in [0, 0.05) is 25.5 Å². The zero-order valence-corrected chi connectivity index (χ0v) is 14.4. The summed E-state index contributed by atoms with van der Waals surface area (Å²) < 4.78 is 0. The van der Waals surface area contributed by atoms with Crippen molar-refractivity contribution in [1.82, 2.24) is 9.80 Å². The SMILES string of the molecule is CCCCN(C)CC1CCN(C(=O)C(C)(C)CCl)CC1. The Kier molecular flexibility index (Phi) is 7.32. The van der Waals surface area contributed by atoms with Crippen molar-refractivity contribution in [2.75, 3.05) is 39.1 Å². The lowest BCUT2D eigenvalue weighted by Gasteiger charge is -2.37. The predicted octanol–water partition coefficient (Wildman–Crippen LogP) is 3.22. The zero-order valence-electron chi connectivity index (χ0n) is 13.6. The highest BCUT2D eigenvalue weighted by Crippen LogP contribution is 2.25. The van der Waals surface area contributed by atoms with Crippen LogP contribution < -0.4 is 0 Å². The molecule has 118 valence electrons. The Morgan fingerprint density at radius 2 is 1.95 bits per heavy atom. The number of hydrogen-bond acceptors (Lipinski definition) is 2. The summed E-state index contributed by atoms with van der Waals surface area (Å²) in [6, 6.07) is 0. The minimum atomic E-state index is -0.424. The molecule has 0 aromatic rings. The number of carbonyl (C=O) groups is 1. The van der Waals surface area contributed by atoms with E-state index in [1.165, 1.54) is 25.9 Å². The molecular formula is C16H31ClN2O. The number of rotatable bonds is 7. The van der Waals surface area contributed by atoms with Crippen LogP contribution in [-0.4, -0.2) is 54.8 Å². The molecule has 1 aliphatic rings. The monoisotopic (exact) mass is 302 g/mol. The molecule has 1 rings (SSSR count). The van der Waals surface area contributed by atoms with Crippen molar-refractivity contribution < 1.29 is 4.79 Å². The molecule has 0 aliphatic carbocycles. The lowest BCUT2D eigenvalue weighted by atomic mass is 9.90. The number of hydrogen-bond donors (Lipinski definition) is 0. The molecule has 0 atom stereocenters. The van der Waals surface area contributed by atoms with Gasteiger partial charge in [-0.1, -0.05) is 13.3 Å². The van der Waals surface area contributed by atoms with E-state index in [1.54, 1.807) is 0 Å². The van der Waals surface area contributed by atoms with Gasteiger partial charge in [-0.2, -0.15) is 0 Å². The van der Waals surface area contributed by atoms with Crippen LogP contribution in [0.5, 0.6) is 0 Å². The van der Waals surface area contributed by atoms with E-state index in [0.29, 0.717) is 5.88 Å². The number of alkyl halides is 1. The molecule has 1 fully saturated rings. The van der Waals surface area contributed by atoms with Crippen LogP contribution in [0, 0.1) is 11.3 Å². The number of likely N-dealkylation sites (tertiary alicyclic amines) is 1. The Bertz CT molecular complexity index is 299. The van der Waals surface area contributed by atoms with Crippen molar-refractivity contribution in [3.63, 3.8) is 0 Å².